The van der Waals surface area contributed by atoms with Gasteiger partial charge in [-0.25, -0.2) is 4.39 Å². The van der Waals surface area contributed by atoms with E-state index in [1.165, 1.54) is 12.1 Å². The Morgan fingerprint density at radius 1 is 1.41 bits per heavy atom. The van der Waals surface area contributed by atoms with E-state index >= 15 is 0 Å². The van der Waals surface area contributed by atoms with Crippen LogP contribution in [-0.4, -0.2) is 29.8 Å². The van der Waals surface area contributed by atoms with Crippen LogP contribution in [0.1, 0.15) is 42.5 Å². The number of aliphatic hydroxyl groups is 1. The first kappa shape index (κ1) is 16.3. The molecule has 5 heteroatoms. The molecule has 4 nitrogen and oxygen atoms in total. The molecule has 118 valence electrons. The fourth-order valence-corrected chi connectivity index (χ4v) is 2.61. The van der Waals surface area contributed by atoms with Crippen LogP contribution in [0.4, 0.5) is 4.39 Å². The highest BCUT2D eigenvalue weighted by atomic mass is 19.1. The highest BCUT2D eigenvalue weighted by Gasteiger charge is 2.29. The van der Waals surface area contributed by atoms with Gasteiger partial charge in [-0.1, -0.05) is 25.2 Å². The molecule has 0 radical (unpaired) electrons. The maximum atomic E-state index is 13.8. The molecule has 1 amide bonds. The van der Waals surface area contributed by atoms with E-state index in [-0.39, 0.29) is 24.5 Å². The summed E-state index contributed by atoms with van der Waals surface area (Å²) >= 11 is 0. The van der Waals surface area contributed by atoms with Crippen molar-refractivity contribution in [2.45, 2.75) is 37.7 Å². The Kier molecular flexibility index (Phi) is 5.40. The second kappa shape index (κ2) is 7.28. The lowest BCUT2D eigenvalue weighted by Gasteiger charge is -2.32. The maximum absolute atomic E-state index is 13.8. The molecule has 0 atom stereocenters. The predicted molar refractivity (Wildman–Crippen MR) is 81.1 cm³/mol. The van der Waals surface area contributed by atoms with Gasteiger partial charge in [-0.2, -0.15) is 0 Å². The van der Waals surface area contributed by atoms with E-state index in [1.54, 1.807) is 0 Å². The van der Waals surface area contributed by atoms with Gasteiger partial charge < -0.3 is 15.2 Å². The van der Waals surface area contributed by atoms with Gasteiger partial charge in [-0.15, -0.1) is 6.42 Å². The van der Waals surface area contributed by atoms with Crippen LogP contribution in [0.3, 0.4) is 0 Å². The third-order valence-corrected chi connectivity index (χ3v) is 3.87. The summed E-state index contributed by atoms with van der Waals surface area (Å²) < 4.78 is 18.8. The molecule has 0 aromatic heterocycles. The van der Waals surface area contributed by atoms with Gasteiger partial charge in [0, 0.05) is 12.1 Å². The summed E-state index contributed by atoms with van der Waals surface area (Å²) in [6, 6.07) is 3.94. The third kappa shape index (κ3) is 4.22. The second-order valence-electron chi connectivity index (χ2n) is 5.61. The van der Waals surface area contributed by atoms with Gasteiger partial charge in [-0.05, 0) is 31.0 Å². The summed E-state index contributed by atoms with van der Waals surface area (Å²) in [7, 11) is 0. The molecule has 0 saturated heterocycles. The van der Waals surface area contributed by atoms with Gasteiger partial charge in [0.2, 0.25) is 0 Å². The number of terminal acetylenes is 1. The van der Waals surface area contributed by atoms with E-state index in [4.69, 9.17) is 11.2 Å². The van der Waals surface area contributed by atoms with Crippen molar-refractivity contribution in [3.63, 3.8) is 0 Å². The number of nitrogens with one attached hydrogen (secondary N) is 1. The first-order valence-electron chi connectivity index (χ1n) is 7.40. The standard InChI is InChI=1S/C17H20FNO3/c1-2-10-22-15-7-6-13(11-14(15)18)16(20)19-12-17(21)8-4-3-5-9-17/h1,6-7,11,21H,3-5,8-10,12H2,(H,19,20). The summed E-state index contributed by atoms with van der Waals surface area (Å²) in [5.41, 5.74) is -0.660. The van der Waals surface area contributed by atoms with Crippen molar-refractivity contribution in [3.05, 3.63) is 29.6 Å². The first-order valence-corrected chi connectivity index (χ1v) is 7.40. The van der Waals surface area contributed by atoms with Crippen LogP contribution in [-0.2, 0) is 0 Å². The third-order valence-electron chi connectivity index (χ3n) is 3.87. The quantitative estimate of drug-likeness (QED) is 0.820. The van der Waals surface area contributed by atoms with E-state index in [0.29, 0.717) is 12.8 Å². The number of carbonyl (C=O) groups excluding carboxylic acids is 1. The largest absolute Gasteiger partial charge is 0.478 e. The smallest absolute Gasteiger partial charge is 0.251 e. The number of rotatable bonds is 5. The topological polar surface area (TPSA) is 58.6 Å². The average molecular weight is 305 g/mol. The Bertz CT molecular complexity index is 574. The summed E-state index contributed by atoms with van der Waals surface area (Å²) in [4.78, 5) is 12.0. The maximum Gasteiger partial charge on any atom is 0.251 e. The minimum atomic E-state index is -0.845. The van der Waals surface area contributed by atoms with Gasteiger partial charge >= 0.3 is 0 Å². The molecule has 0 aliphatic heterocycles. The van der Waals surface area contributed by atoms with Gasteiger partial charge in [0.1, 0.15) is 6.61 Å². The molecule has 0 bridgehead atoms. The van der Waals surface area contributed by atoms with E-state index in [9.17, 15) is 14.3 Å². The Morgan fingerprint density at radius 2 is 2.14 bits per heavy atom. The molecule has 2 rings (SSSR count). The van der Waals surface area contributed by atoms with Gasteiger partial charge in [0.15, 0.2) is 11.6 Å². The number of carbonyl (C=O) groups is 1. The molecule has 1 saturated carbocycles. The molecule has 1 aromatic carbocycles. The zero-order valence-corrected chi connectivity index (χ0v) is 12.4. The number of ether oxygens (including phenoxy) is 1. The molecule has 1 aliphatic rings. The van der Waals surface area contributed by atoms with Crippen LogP contribution in [0.15, 0.2) is 18.2 Å². The summed E-state index contributed by atoms with van der Waals surface area (Å²) in [6.45, 7) is 0.151. The normalized spacial score (nSPS) is 16.6. The molecule has 22 heavy (non-hydrogen) atoms. The van der Waals surface area contributed by atoms with Crippen LogP contribution >= 0.6 is 0 Å². The summed E-state index contributed by atoms with van der Waals surface area (Å²) in [5, 5.41) is 13.0. The predicted octanol–water partition coefficient (Wildman–Crippen LogP) is 2.26. The van der Waals surface area contributed by atoms with E-state index in [1.807, 2.05) is 0 Å². The highest BCUT2D eigenvalue weighted by molar-refractivity contribution is 5.94. The highest BCUT2D eigenvalue weighted by Crippen LogP contribution is 2.27. The van der Waals surface area contributed by atoms with Crippen molar-refractivity contribution < 1.29 is 19.0 Å². The molecule has 0 spiro atoms. The Balaban J connectivity index is 1.95. The van der Waals surface area contributed by atoms with Crippen molar-refractivity contribution in [1.82, 2.24) is 5.32 Å². The lowest BCUT2D eigenvalue weighted by Crippen LogP contribution is -2.44. The molecule has 0 heterocycles. The first-order chi connectivity index (χ1) is 10.5. The fraction of sp³-hybridized carbons (Fsp3) is 0.471. The Labute approximate surface area is 129 Å². The van der Waals surface area contributed by atoms with Gasteiger partial charge in [0.05, 0.1) is 5.60 Å². The van der Waals surface area contributed by atoms with Crippen molar-refractivity contribution >= 4 is 5.91 Å². The van der Waals surface area contributed by atoms with Gasteiger partial charge in [0.25, 0.3) is 5.91 Å². The zero-order chi connectivity index (χ0) is 16.0. The van der Waals surface area contributed by atoms with Crippen LogP contribution < -0.4 is 10.1 Å². The number of hydrogen-bond acceptors (Lipinski definition) is 3. The number of amides is 1. The molecule has 2 N–H and O–H groups in total. The minimum Gasteiger partial charge on any atom is -0.478 e. The van der Waals surface area contributed by atoms with Crippen LogP contribution in [0.5, 0.6) is 5.75 Å². The molecule has 0 unspecified atom stereocenters. The lowest BCUT2D eigenvalue weighted by atomic mass is 9.85. The lowest BCUT2D eigenvalue weighted by molar-refractivity contribution is 0.00525. The van der Waals surface area contributed by atoms with E-state index < -0.39 is 17.3 Å². The minimum absolute atomic E-state index is 0.0143. The second-order valence-corrected chi connectivity index (χ2v) is 5.61. The number of benzene rings is 1. The van der Waals surface area contributed by atoms with Crippen molar-refractivity contribution in [3.8, 4) is 18.1 Å². The Hall–Kier alpha value is -2.06. The zero-order valence-electron chi connectivity index (χ0n) is 12.4. The molecule has 1 aliphatic carbocycles. The summed E-state index contributed by atoms with van der Waals surface area (Å²) in [6.07, 6.45) is 9.44. The molecular formula is C17H20FNO3. The van der Waals surface area contributed by atoms with Crippen LogP contribution in [0, 0.1) is 18.2 Å². The molecule has 1 aromatic rings. The fourth-order valence-electron chi connectivity index (χ4n) is 2.61. The van der Waals surface area contributed by atoms with Crippen LogP contribution in [0.2, 0.25) is 0 Å². The monoisotopic (exact) mass is 305 g/mol. The SMILES string of the molecule is C#CCOc1ccc(C(=O)NCC2(O)CCCCC2)cc1F. The van der Waals surface area contributed by atoms with Crippen LogP contribution in [0.25, 0.3) is 0 Å². The molecular weight excluding hydrogens is 285 g/mol. The number of hydrogen-bond donors (Lipinski definition) is 2. The summed E-state index contributed by atoms with van der Waals surface area (Å²) in [5.74, 6) is 1.20. The van der Waals surface area contributed by atoms with Crippen molar-refractivity contribution in [2.75, 3.05) is 13.2 Å². The average Bonchev–Trinajstić information content (AvgIpc) is 2.52. The van der Waals surface area contributed by atoms with Crippen molar-refractivity contribution in [1.29, 1.82) is 0 Å². The van der Waals surface area contributed by atoms with E-state index in [2.05, 4.69) is 11.2 Å². The Morgan fingerprint density at radius 3 is 2.77 bits per heavy atom. The number of halogens is 1. The molecule has 1 fully saturated rings. The van der Waals surface area contributed by atoms with Crippen molar-refractivity contribution in [2.24, 2.45) is 0 Å². The van der Waals surface area contributed by atoms with Gasteiger partial charge in [-0.3, -0.25) is 4.79 Å². The van der Waals surface area contributed by atoms with E-state index in [0.717, 1.165) is 25.3 Å².